The molecule has 0 atom stereocenters. The summed E-state index contributed by atoms with van der Waals surface area (Å²) in [4.78, 5) is 17.0. The van der Waals surface area contributed by atoms with Crippen molar-refractivity contribution in [3.8, 4) is 0 Å². The number of carbonyl (C=O) groups is 1. The summed E-state index contributed by atoms with van der Waals surface area (Å²) >= 11 is 0. The molecule has 1 aliphatic heterocycles. The Morgan fingerprint density at radius 2 is 2.05 bits per heavy atom. The van der Waals surface area contributed by atoms with E-state index in [0.29, 0.717) is 6.04 Å². The van der Waals surface area contributed by atoms with Gasteiger partial charge < -0.3 is 15.2 Å². The fourth-order valence-corrected chi connectivity index (χ4v) is 2.76. The van der Waals surface area contributed by atoms with Crippen LogP contribution >= 0.6 is 0 Å². The summed E-state index contributed by atoms with van der Waals surface area (Å²) in [6, 6.07) is 8.37. The molecule has 1 aromatic heterocycles. The average Bonchev–Trinajstić information content (AvgIpc) is 2.78. The number of likely N-dealkylation sites (tertiary alicyclic amines) is 1. The lowest BCUT2D eigenvalue weighted by molar-refractivity contribution is 0.112. The lowest BCUT2D eigenvalue weighted by Crippen LogP contribution is -2.36. The first kappa shape index (κ1) is 12.2. The van der Waals surface area contributed by atoms with Crippen LogP contribution in [0, 0.1) is 0 Å². The molecule has 100 valence electrons. The van der Waals surface area contributed by atoms with E-state index < -0.39 is 0 Å². The van der Waals surface area contributed by atoms with Crippen molar-refractivity contribution in [2.75, 3.05) is 25.5 Å². The number of aromatic amines is 1. The molecule has 2 aromatic rings. The van der Waals surface area contributed by atoms with Gasteiger partial charge >= 0.3 is 0 Å². The zero-order chi connectivity index (χ0) is 13.2. The summed E-state index contributed by atoms with van der Waals surface area (Å²) in [6.45, 7) is 2.21. The molecule has 4 heteroatoms. The quantitative estimate of drug-likeness (QED) is 0.830. The topological polar surface area (TPSA) is 48.1 Å². The van der Waals surface area contributed by atoms with Gasteiger partial charge in [-0.3, -0.25) is 4.79 Å². The molecule has 0 unspecified atom stereocenters. The minimum atomic E-state index is 0.447. The van der Waals surface area contributed by atoms with Crippen LogP contribution in [0.1, 0.15) is 23.2 Å². The number of aldehydes is 1. The Morgan fingerprint density at radius 1 is 1.32 bits per heavy atom. The monoisotopic (exact) mass is 257 g/mol. The van der Waals surface area contributed by atoms with Crippen molar-refractivity contribution in [2.24, 2.45) is 0 Å². The highest BCUT2D eigenvalue weighted by Crippen LogP contribution is 2.26. The molecule has 0 aliphatic carbocycles. The van der Waals surface area contributed by atoms with Crippen LogP contribution in [-0.2, 0) is 0 Å². The van der Waals surface area contributed by atoms with Gasteiger partial charge in [-0.1, -0.05) is 18.2 Å². The van der Waals surface area contributed by atoms with Crippen LogP contribution in [-0.4, -0.2) is 42.3 Å². The van der Waals surface area contributed by atoms with E-state index in [4.69, 9.17) is 0 Å². The van der Waals surface area contributed by atoms with E-state index in [1.165, 1.54) is 0 Å². The molecule has 0 bridgehead atoms. The van der Waals surface area contributed by atoms with Crippen LogP contribution in [0.3, 0.4) is 0 Å². The second-order valence-electron chi connectivity index (χ2n) is 5.30. The standard InChI is InChI=1S/C15H19N3O/c1-18-8-6-11(7-9-18)16-15-13(10-19)12-4-2-3-5-14(12)17-15/h2-5,10-11,16-17H,6-9H2,1H3. The van der Waals surface area contributed by atoms with Crippen LogP contribution < -0.4 is 5.32 Å². The van der Waals surface area contributed by atoms with E-state index in [9.17, 15) is 4.79 Å². The van der Waals surface area contributed by atoms with Crippen molar-refractivity contribution in [3.05, 3.63) is 29.8 Å². The van der Waals surface area contributed by atoms with Crippen LogP contribution in [0.4, 0.5) is 5.82 Å². The Labute approximate surface area is 112 Å². The van der Waals surface area contributed by atoms with Crippen molar-refractivity contribution in [3.63, 3.8) is 0 Å². The number of rotatable bonds is 3. The minimum absolute atomic E-state index is 0.447. The molecule has 2 N–H and O–H groups in total. The molecule has 0 spiro atoms. The van der Waals surface area contributed by atoms with E-state index in [0.717, 1.165) is 54.5 Å². The maximum atomic E-state index is 11.3. The lowest BCUT2D eigenvalue weighted by atomic mass is 10.1. The predicted molar refractivity (Wildman–Crippen MR) is 77.8 cm³/mol. The van der Waals surface area contributed by atoms with Gasteiger partial charge in [0.05, 0.1) is 5.56 Å². The number of hydrogen-bond acceptors (Lipinski definition) is 3. The van der Waals surface area contributed by atoms with Gasteiger partial charge in [-0.25, -0.2) is 0 Å². The minimum Gasteiger partial charge on any atom is -0.368 e. The molecule has 1 saturated heterocycles. The third-order valence-corrected chi connectivity index (χ3v) is 3.93. The number of hydrogen-bond donors (Lipinski definition) is 2. The first-order valence-corrected chi connectivity index (χ1v) is 6.79. The summed E-state index contributed by atoms with van der Waals surface area (Å²) in [6.07, 6.45) is 3.17. The van der Waals surface area contributed by atoms with Gasteiger partial charge in [0.2, 0.25) is 0 Å². The first-order chi connectivity index (χ1) is 9.28. The van der Waals surface area contributed by atoms with Crippen LogP contribution in [0.15, 0.2) is 24.3 Å². The fourth-order valence-electron chi connectivity index (χ4n) is 2.76. The molecule has 2 heterocycles. The second-order valence-corrected chi connectivity index (χ2v) is 5.30. The number of carbonyl (C=O) groups excluding carboxylic acids is 1. The molecule has 19 heavy (non-hydrogen) atoms. The Bertz CT molecular complexity index is 582. The van der Waals surface area contributed by atoms with Gasteiger partial charge in [0.1, 0.15) is 5.82 Å². The number of para-hydroxylation sites is 1. The average molecular weight is 257 g/mol. The smallest absolute Gasteiger partial charge is 0.154 e. The Balaban J connectivity index is 1.86. The molecule has 4 nitrogen and oxygen atoms in total. The van der Waals surface area contributed by atoms with Crippen molar-refractivity contribution < 1.29 is 4.79 Å². The van der Waals surface area contributed by atoms with E-state index in [2.05, 4.69) is 22.2 Å². The summed E-state index contributed by atoms with van der Waals surface area (Å²) in [5.74, 6) is 0.866. The number of anilines is 1. The molecule has 0 saturated carbocycles. The Hall–Kier alpha value is -1.81. The van der Waals surface area contributed by atoms with Crippen molar-refractivity contribution in [1.82, 2.24) is 9.88 Å². The largest absolute Gasteiger partial charge is 0.368 e. The van der Waals surface area contributed by atoms with Crippen molar-refractivity contribution >= 4 is 23.0 Å². The molecule has 0 radical (unpaired) electrons. The van der Waals surface area contributed by atoms with E-state index in [-0.39, 0.29) is 0 Å². The number of piperidine rings is 1. The van der Waals surface area contributed by atoms with Crippen LogP contribution in [0.5, 0.6) is 0 Å². The molecule has 3 rings (SSSR count). The number of nitrogens with zero attached hydrogens (tertiary/aromatic N) is 1. The van der Waals surface area contributed by atoms with Crippen molar-refractivity contribution in [1.29, 1.82) is 0 Å². The van der Waals surface area contributed by atoms with Crippen molar-refractivity contribution in [2.45, 2.75) is 18.9 Å². The molecular formula is C15H19N3O. The maximum absolute atomic E-state index is 11.3. The fraction of sp³-hybridized carbons (Fsp3) is 0.400. The summed E-state index contributed by atoms with van der Waals surface area (Å²) in [7, 11) is 2.15. The molecule has 1 aromatic carbocycles. The molecule has 1 fully saturated rings. The third-order valence-electron chi connectivity index (χ3n) is 3.93. The van der Waals surface area contributed by atoms with E-state index >= 15 is 0 Å². The van der Waals surface area contributed by atoms with Gasteiger partial charge in [0.15, 0.2) is 6.29 Å². The number of nitrogens with one attached hydrogen (secondary N) is 2. The predicted octanol–water partition coefficient (Wildman–Crippen LogP) is 2.49. The van der Waals surface area contributed by atoms with Crippen LogP contribution in [0.25, 0.3) is 10.9 Å². The molecule has 0 amide bonds. The highest BCUT2D eigenvalue weighted by atomic mass is 16.1. The van der Waals surface area contributed by atoms with Gasteiger partial charge in [-0.05, 0) is 39.0 Å². The summed E-state index contributed by atoms with van der Waals surface area (Å²) in [5, 5.41) is 4.49. The normalized spacial score (nSPS) is 17.7. The zero-order valence-electron chi connectivity index (χ0n) is 11.1. The number of fused-ring (bicyclic) bond motifs is 1. The Morgan fingerprint density at radius 3 is 2.79 bits per heavy atom. The Kier molecular flexibility index (Phi) is 3.25. The SMILES string of the molecule is CN1CCC(Nc2[nH]c3ccccc3c2C=O)CC1. The molecule has 1 aliphatic rings. The first-order valence-electron chi connectivity index (χ1n) is 6.79. The summed E-state index contributed by atoms with van der Waals surface area (Å²) < 4.78 is 0. The lowest BCUT2D eigenvalue weighted by Gasteiger charge is -2.29. The maximum Gasteiger partial charge on any atom is 0.154 e. The number of H-pyrrole nitrogens is 1. The van der Waals surface area contributed by atoms with Gasteiger partial charge in [-0.15, -0.1) is 0 Å². The van der Waals surface area contributed by atoms with Gasteiger partial charge in [-0.2, -0.15) is 0 Å². The summed E-state index contributed by atoms with van der Waals surface area (Å²) in [5.41, 5.74) is 1.76. The zero-order valence-corrected chi connectivity index (χ0v) is 11.1. The number of benzene rings is 1. The van der Waals surface area contributed by atoms with Gasteiger partial charge in [0, 0.05) is 16.9 Å². The van der Waals surface area contributed by atoms with E-state index in [1.54, 1.807) is 0 Å². The second kappa shape index (κ2) is 5.05. The number of aromatic nitrogens is 1. The van der Waals surface area contributed by atoms with E-state index in [1.807, 2.05) is 24.3 Å². The van der Waals surface area contributed by atoms with Crippen LogP contribution in [0.2, 0.25) is 0 Å². The third kappa shape index (κ3) is 2.36. The highest BCUT2D eigenvalue weighted by molar-refractivity contribution is 6.03. The molecular weight excluding hydrogens is 238 g/mol. The highest BCUT2D eigenvalue weighted by Gasteiger charge is 2.19. The van der Waals surface area contributed by atoms with Gasteiger partial charge in [0.25, 0.3) is 0 Å².